The molecular formula is C21H22N4O2S. The van der Waals surface area contributed by atoms with Crippen molar-refractivity contribution in [3.8, 4) is 0 Å². The molecule has 1 heterocycles. The Morgan fingerprint density at radius 3 is 2.57 bits per heavy atom. The maximum atomic E-state index is 12.1. The van der Waals surface area contributed by atoms with Gasteiger partial charge in [-0.1, -0.05) is 68.1 Å². The summed E-state index contributed by atoms with van der Waals surface area (Å²) in [4.78, 5) is 24.2. The molecule has 2 amide bonds. The van der Waals surface area contributed by atoms with Crippen molar-refractivity contribution in [2.24, 2.45) is 10.2 Å². The van der Waals surface area contributed by atoms with E-state index >= 15 is 0 Å². The van der Waals surface area contributed by atoms with Crippen LogP contribution in [0.1, 0.15) is 37.3 Å². The summed E-state index contributed by atoms with van der Waals surface area (Å²) in [5.41, 5.74) is 2.90. The van der Waals surface area contributed by atoms with Crippen molar-refractivity contribution < 1.29 is 9.59 Å². The Morgan fingerprint density at radius 1 is 1.18 bits per heavy atom. The number of rotatable bonds is 6. The molecule has 144 valence electrons. The van der Waals surface area contributed by atoms with Crippen molar-refractivity contribution in [3.05, 3.63) is 65.7 Å². The lowest BCUT2D eigenvalue weighted by atomic mass is 10.0. The van der Waals surface area contributed by atoms with E-state index in [1.165, 1.54) is 17.3 Å². The molecule has 1 aliphatic heterocycles. The zero-order valence-corrected chi connectivity index (χ0v) is 16.6. The van der Waals surface area contributed by atoms with E-state index in [4.69, 9.17) is 0 Å². The van der Waals surface area contributed by atoms with Gasteiger partial charge in [0.05, 0.1) is 6.21 Å². The first-order chi connectivity index (χ1) is 13.5. The van der Waals surface area contributed by atoms with Crippen molar-refractivity contribution in [1.29, 1.82) is 0 Å². The van der Waals surface area contributed by atoms with Gasteiger partial charge in [0, 0.05) is 12.1 Å². The molecule has 0 unspecified atom stereocenters. The van der Waals surface area contributed by atoms with Gasteiger partial charge in [-0.25, -0.2) is 0 Å². The van der Waals surface area contributed by atoms with Gasteiger partial charge in [-0.3, -0.25) is 9.59 Å². The standard InChI is InChI=1S/C21H22N4O2S/c1-14(2)16-10-8-15(9-11-16)13-22-25-21-24-20(27)18(28-21)12-19(26)23-17-6-4-3-5-7-17/h3-11,13-14,18H,12H2,1-2H3,(H,23,26)(H,24,25,27)/b22-13-/t18-/m1/s1. The normalized spacial score (nSPS) is 18.0. The van der Waals surface area contributed by atoms with Crippen molar-refractivity contribution >= 4 is 40.6 Å². The van der Waals surface area contributed by atoms with Crippen LogP contribution in [0.4, 0.5) is 5.69 Å². The number of para-hydroxylation sites is 1. The summed E-state index contributed by atoms with van der Waals surface area (Å²) in [7, 11) is 0. The summed E-state index contributed by atoms with van der Waals surface area (Å²) < 4.78 is 0. The molecule has 2 aromatic carbocycles. The van der Waals surface area contributed by atoms with Crippen LogP contribution in [0.25, 0.3) is 0 Å². The fraction of sp³-hybridized carbons (Fsp3) is 0.238. The van der Waals surface area contributed by atoms with Gasteiger partial charge in [-0.05, 0) is 29.2 Å². The quantitative estimate of drug-likeness (QED) is 0.578. The Bertz CT molecular complexity index is 892. The van der Waals surface area contributed by atoms with Crippen LogP contribution in [0.15, 0.2) is 64.8 Å². The number of benzene rings is 2. The molecule has 28 heavy (non-hydrogen) atoms. The molecule has 1 saturated heterocycles. The first-order valence-electron chi connectivity index (χ1n) is 9.04. The molecule has 1 aliphatic rings. The van der Waals surface area contributed by atoms with Crippen LogP contribution in [-0.2, 0) is 9.59 Å². The van der Waals surface area contributed by atoms with Crippen LogP contribution in [0.3, 0.4) is 0 Å². The minimum absolute atomic E-state index is 0.0742. The highest BCUT2D eigenvalue weighted by atomic mass is 32.2. The van der Waals surface area contributed by atoms with Gasteiger partial charge in [0.25, 0.3) is 0 Å². The van der Waals surface area contributed by atoms with Crippen molar-refractivity contribution in [3.63, 3.8) is 0 Å². The molecule has 0 bridgehead atoms. The molecule has 6 nitrogen and oxygen atoms in total. The Hall–Kier alpha value is -2.93. The van der Waals surface area contributed by atoms with E-state index in [1.807, 2.05) is 30.3 Å². The molecule has 1 atom stereocenters. The average molecular weight is 394 g/mol. The fourth-order valence-electron chi connectivity index (χ4n) is 2.60. The number of carbonyl (C=O) groups is 2. The third-order valence-electron chi connectivity index (χ3n) is 4.16. The van der Waals surface area contributed by atoms with Gasteiger partial charge in [0.15, 0.2) is 5.17 Å². The van der Waals surface area contributed by atoms with Gasteiger partial charge in [0.1, 0.15) is 5.25 Å². The Kier molecular flexibility index (Phi) is 6.60. The van der Waals surface area contributed by atoms with Gasteiger partial charge in [0.2, 0.25) is 11.8 Å². The molecule has 1 fully saturated rings. The lowest BCUT2D eigenvalue weighted by Gasteiger charge is -2.06. The predicted molar refractivity (Wildman–Crippen MR) is 115 cm³/mol. The largest absolute Gasteiger partial charge is 0.326 e. The van der Waals surface area contributed by atoms with Crippen LogP contribution in [0.2, 0.25) is 0 Å². The lowest BCUT2D eigenvalue weighted by Crippen LogP contribution is -2.28. The van der Waals surface area contributed by atoms with E-state index in [-0.39, 0.29) is 18.2 Å². The first kappa shape index (κ1) is 19.8. The van der Waals surface area contributed by atoms with Crippen molar-refractivity contribution in [2.45, 2.75) is 31.4 Å². The van der Waals surface area contributed by atoms with E-state index < -0.39 is 5.25 Å². The molecule has 0 aliphatic carbocycles. The molecule has 2 N–H and O–H groups in total. The second kappa shape index (κ2) is 9.32. The minimum Gasteiger partial charge on any atom is -0.326 e. The molecule has 0 saturated carbocycles. The topological polar surface area (TPSA) is 82.9 Å². The Morgan fingerprint density at radius 2 is 1.89 bits per heavy atom. The summed E-state index contributed by atoms with van der Waals surface area (Å²) in [6.45, 7) is 4.29. The summed E-state index contributed by atoms with van der Waals surface area (Å²) in [6.07, 6.45) is 1.71. The zero-order chi connectivity index (χ0) is 19.9. The molecule has 0 spiro atoms. The van der Waals surface area contributed by atoms with Gasteiger partial charge >= 0.3 is 0 Å². The molecular weight excluding hydrogens is 372 g/mol. The number of nitrogens with zero attached hydrogens (tertiary/aromatic N) is 2. The molecule has 7 heteroatoms. The number of anilines is 1. The van der Waals surface area contributed by atoms with Crippen LogP contribution < -0.4 is 10.6 Å². The smallest absolute Gasteiger partial charge is 0.240 e. The highest BCUT2D eigenvalue weighted by Gasteiger charge is 2.32. The molecule has 0 radical (unpaired) electrons. The monoisotopic (exact) mass is 394 g/mol. The van der Waals surface area contributed by atoms with E-state index in [1.54, 1.807) is 18.3 Å². The van der Waals surface area contributed by atoms with E-state index in [9.17, 15) is 9.59 Å². The Labute approximate surface area is 168 Å². The number of amides is 2. The van der Waals surface area contributed by atoms with E-state index in [0.29, 0.717) is 16.8 Å². The predicted octanol–water partition coefficient (Wildman–Crippen LogP) is 3.76. The number of hydrogen-bond acceptors (Lipinski definition) is 5. The maximum Gasteiger partial charge on any atom is 0.240 e. The molecule has 3 rings (SSSR count). The third kappa shape index (κ3) is 5.53. The third-order valence-corrected chi connectivity index (χ3v) is 5.24. The number of carbonyl (C=O) groups excluding carboxylic acids is 2. The SMILES string of the molecule is CC(C)c1ccc(/C=N\N=C2/NC(=O)[C@@H](CC(=O)Nc3ccccc3)S2)cc1. The summed E-state index contributed by atoms with van der Waals surface area (Å²) in [6, 6.07) is 17.2. The van der Waals surface area contributed by atoms with Crippen molar-refractivity contribution in [2.75, 3.05) is 5.32 Å². The lowest BCUT2D eigenvalue weighted by molar-refractivity contribution is -0.122. The van der Waals surface area contributed by atoms with Crippen LogP contribution in [0.5, 0.6) is 0 Å². The van der Waals surface area contributed by atoms with E-state index in [0.717, 1.165) is 5.56 Å². The molecule has 0 aromatic heterocycles. The van der Waals surface area contributed by atoms with Gasteiger partial charge < -0.3 is 10.6 Å². The van der Waals surface area contributed by atoms with Crippen LogP contribution in [0, 0.1) is 0 Å². The highest BCUT2D eigenvalue weighted by molar-refractivity contribution is 8.15. The van der Waals surface area contributed by atoms with Crippen molar-refractivity contribution in [1.82, 2.24) is 5.32 Å². The average Bonchev–Trinajstić information content (AvgIpc) is 3.02. The number of thioether (sulfide) groups is 1. The van der Waals surface area contributed by atoms with Crippen LogP contribution in [-0.4, -0.2) is 28.4 Å². The van der Waals surface area contributed by atoms with Gasteiger partial charge in [-0.15, -0.1) is 5.10 Å². The number of amidine groups is 1. The highest BCUT2D eigenvalue weighted by Crippen LogP contribution is 2.23. The summed E-state index contributed by atoms with van der Waals surface area (Å²) in [5, 5.41) is 13.4. The Balaban J connectivity index is 1.53. The zero-order valence-electron chi connectivity index (χ0n) is 15.8. The minimum atomic E-state index is -0.511. The summed E-state index contributed by atoms with van der Waals surface area (Å²) in [5.74, 6) is 0.0321. The fourth-order valence-corrected chi connectivity index (χ4v) is 3.53. The second-order valence-electron chi connectivity index (χ2n) is 6.69. The molecule has 2 aromatic rings. The van der Waals surface area contributed by atoms with E-state index in [2.05, 4.69) is 46.8 Å². The number of nitrogens with one attached hydrogen (secondary N) is 2. The maximum absolute atomic E-state index is 12.1. The second-order valence-corrected chi connectivity index (χ2v) is 7.88. The van der Waals surface area contributed by atoms with Crippen LogP contribution >= 0.6 is 11.8 Å². The van der Waals surface area contributed by atoms with Gasteiger partial charge in [-0.2, -0.15) is 5.10 Å². The number of hydrogen-bond donors (Lipinski definition) is 2. The first-order valence-corrected chi connectivity index (χ1v) is 9.92. The summed E-state index contributed by atoms with van der Waals surface area (Å²) >= 11 is 1.21.